The van der Waals surface area contributed by atoms with Crippen molar-refractivity contribution in [2.24, 2.45) is 0 Å². The number of hydrogen-bond acceptors (Lipinski definition) is 5. The summed E-state index contributed by atoms with van der Waals surface area (Å²) in [5.41, 5.74) is 0. The van der Waals surface area contributed by atoms with E-state index in [-0.39, 0.29) is 18.5 Å². The second-order valence-corrected chi connectivity index (χ2v) is 24.9. The van der Waals surface area contributed by atoms with Crippen LogP contribution in [0.3, 0.4) is 0 Å². The SMILES string of the molecule is CCCCCCCCCCCCCCCCCCCCCCC(O)C(CO)NC(=O)CCCCCCCCCCCCCCCCCCCCCCCCCCCCCCOC(=O)CCCCCCCCCCCCCC. The summed E-state index contributed by atoms with van der Waals surface area (Å²) >= 11 is 0. The number of nitrogens with one attached hydrogen (secondary N) is 1. The Morgan fingerprint density at radius 1 is 0.312 bits per heavy atom. The van der Waals surface area contributed by atoms with Crippen molar-refractivity contribution >= 4 is 11.9 Å². The number of carbonyl (C=O) groups excluding carboxylic acids is 2. The first-order valence-electron chi connectivity index (χ1n) is 35.8. The Bertz CT molecular complexity index is 1120. The smallest absolute Gasteiger partial charge is 0.305 e. The molecule has 0 aromatic rings. The molecule has 460 valence electrons. The number of aliphatic hydroxyl groups excluding tert-OH is 2. The predicted octanol–water partition coefficient (Wildman–Crippen LogP) is 23.0. The van der Waals surface area contributed by atoms with E-state index in [1.165, 1.54) is 347 Å². The first-order valence-corrected chi connectivity index (χ1v) is 35.8. The van der Waals surface area contributed by atoms with Crippen molar-refractivity contribution in [2.45, 2.75) is 431 Å². The number of aliphatic hydroxyl groups is 2. The summed E-state index contributed by atoms with van der Waals surface area (Å²) in [6, 6.07) is -0.539. The minimum Gasteiger partial charge on any atom is -0.466 e. The summed E-state index contributed by atoms with van der Waals surface area (Å²) in [5, 5.41) is 23.4. The Labute approximate surface area is 483 Å². The van der Waals surface area contributed by atoms with Gasteiger partial charge in [-0.2, -0.15) is 0 Å². The topological polar surface area (TPSA) is 95.9 Å². The molecule has 6 nitrogen and oxygen atoms in total. The van der Waals surface area contributed by atoms with E-state index in [1.807, 2.05) is 0 Å². The molecule has 0 fully saturated rings. The van der Waals surface area contributed by atoms with Gasteiger partial charge in [-0.15, -0.1) is 0 Å². The zero-order valence-electron chi connectivity index (χ0n) is 52.7. The van der Waals surface area contributed by atoms with Crippen LogP contribution in [0.5, 0.6) is 0 Å². The Balaban J connectivity index is 3.34. The van der Waals surface area contributed by atoms with Gasteiger partial charge >= 0.3 is 5.97 Å². The largest absolute Gasteiger partial charge is 0.466 e. The molecule has 3 N–H and O–H groups in total. The minimum absolute atomic E-state index is 0.0208. The van der Waals surface area contributed by atoms with Crippen molar-refractivity contribution in [1.82, 2.24) is 5.32 Å². The molecule has 0 aromatic heterocycles. The molecule has 2 atom stereocenters. The van der Waals surface area contributed by atoms with Crippen molar-refractivity contribution in [3.8, 4) is 0 Å². The van der Waals surface area contributed by atoms with Gasteiger partial charge in [0.25, 0.3) is 0 Å². The van der Waals surface area contributed by atoms with Gasteiger partial charge in [0.2, 0.25) is 5.91 Å². The van der Waals surface area contributed by atoms with Crippen LogP contribution in [0.2, 0.25) is 0 Å². The molecule has 0 rings (SSSR count). The van der Waals surface area contributed by atoms with E-state index in [0.717, 1.165) is 38.5 Å². The van der Waals surface area contributed by atoms with Gasteiger partial charge in [-0.25, -0.2) is 0 Å². The van der Waals surface area contributed by atoms with E-state index in [2.05, 4.69) is 19.2 Å². The van der Waals surface area contributed by atoms with E-state index in [0.29, 0.717) is 25.9 Å². The molecule has 0 bridgehead atoms. The summed E-state index contributed by atoms with van der Waals surface area (Å²) in [6.45, 7) is 5.00. The average molecular weight is 1090 g/mol. The Hall–Kier alpha value is -1.14. The summed E-state index contributed by atoms with van der Waals surface area (Å²) in [6.07, 6.45) is 81.6. The van der Waals surface area contributed by atoms with E-state index in [1.54, 1.807) is 0 Å². The molecule has 0 aromatic carbocycles. The Morgan fingerprint density at radius 3 is 0.792 bits per heavy atom. The van der Waals surface area contributed by atoms with Gasteiger partial charge in [0.1, 0.15) is 0 Å². The number of unbranched alkanes of at least 4 members (excludes halogenated alkanes) is 57. The van der Waals surface area contributed by atoms with Crippen LogP contribution in [0.1, 0.15) is 418 Å². The molecule has 2 unspecified atom stereocenters. The highest BCUT2D eigenvalue weighted by Crippen LogP contribution is 2.20. The number of esters is 1. The zero-order chi connectivity index (χ0) is 55.7. The maximum absolute atomic E-state index is 12.5. The predicted molar refractivity (Wildman–Crippen MR) is 338 cm³/mol. The monoisotopic (exact) mass is 1090 g/mol. The van der Waals surface area contributed by atoms with Crippen LogP contribution in [0.15, 0.2) is 0 Å². The molecule has 0 saturated heterocycles. The van der Waals surface area contributed by atoms with Crippen molar-refractivity contribution < 1.29 is 24.5 Å². The molecule has 0 aliphatic rings. The molecule has 0 aliphatic heterocycles. The van der Waals surface area contributed by atoms with Crippen LogP contribution >= 0.6 is 0 Å². The standard InChI is InChI=1S/C71H141NO5/c1-3-5-7-9-11-13-15-17-18-19-20-31-34-37-40-43-47-51-55-59-63-69(74)68(67-73)72-70(75)64-60-56-52-48-44-41-38-35-32-29-27-25-23-21-22-24-26-28-30-33-36-39-42-46-50-54-58-62-66-77-71(76)65-61-57-53-49-45-16-14-12-10-8-6-4-2/h68-69,73-74H,3-67H2,1-2H3,(H,72,75). The van der Waals surface area contributed by atoms with Gasteiger partial charge in [-0.3, -0.25) is 9.59 Å². The molecule has 0 aliphatic carbocycles. The van der Waals surface area contributed by atoms with Crippen LogP contribution in [-0.2, 0) is 14.3 Å². The Kier molecular flexibility index (Phi) is 66.4. The van der Waals surface area contributed by atoms with Gasteiger partial charge in [0.15, 0.2) is 0 Å². The van der Waals surface area contributed by atoms with Crippen LogP contribution in [0.4, 0.5) is 0 Å². The van der Waals surface area contributed by atoms with E-state index >= 15 is 0 Å². The van der Waals surface area contributed by atoms with Gasteiger partial charge in [-0.1, -0.05) is 380 Å². The highest BCUT2D eigenvalue weighted by atomic mass is 16.5. The molecular weight excluding hydrogens is 947 g/mol. The molecule has 6 heteroatoms. The number of amides is 1. The lowest BCUT2D eigenvalue weighted by molar-refractivity contribution is -0.143. The fourth-order valence-corrected chi connectivity index (χ4v) is 11.7. The molecular formula is C71H141NO5. The normalized spacial score (nSPS) is 12.4. The van der Waals surface area contributed by atoms with Crippen LogP contribution in [0, 0.1) is 0 Å². The lowest BCUT2D eigenvalue weighted by Crippen LogP contribution is -2.45. The highest BCUT2D eigenvalue weighted by molar-refractivity contribution is 5.76. The number of hydrogen-bond donors (Lipinski definition) is 3. The highest BCUT2D eigenvalue weighted by Gasteiger charge is 2.20. The maximum atomic E-state index is 12.5. The van der Waals surface area contributed by atoms with Gasteiger partial charge in [0.05, 0.1) is 25.4 Å². The molecule has 77 heavy (non-hydrogen) atoms. The Morgan fingerprint density at radius 2 is 0.532 bits per heavy atom. The minimum atomic E-state index is -0.662. The summed E-state index contributed by atoms with van der Waals surface area (Å²) in [5.74, 6) is -0.00571. The molecule has 0 radical (unpaired) electrons. The van der Waals surface area contributed by atoms with Gasteiger partial charge in [-0.05, 0) is 25.7 Å². The lowest BCUT2D eigenvalue weighted by Gasteiger charge is -2.22. The quantitative estimate of drug-likeness (QED) is 0.0417. The molecule has 0 spiro atoms. The van der Waals surface area contributed by atoms with E-state index in [9.17, 15) is 19.8 Å². The molecule has 0 saturated carbocycles. The average Bonchev–Trinajstić information content (AvgIpc) is 3.43. The first-order chi connectivity index (χ1) is 38.0. The second kappa shape index (κ2) is 67.4. The maximum Gasteiger partial charge on any atom is 0.305 e. The third-order valence-corrected chi connectivity index (χ3v) is 17.2. The first kappa shape index (κ1) is 75.9. The van der Waals surface area contributed by atoms with Gasteiger partial charge in [0, 0.05) is 12.8 Å². The number of carbonyl (C=O) groups is 2. The zero-order valence-corrected chi connectivity index (χ0v) is 52.7. The lowest BCUT2D eigenvalue weighted by atomic mass is 10.0. The molecule has 1 amide bonds. The van der Waals surface area contributed by atoms with Crippen LogP contribution in [-0.4, -0.2) is 47.4 Å². The third-order valence-electron chi connectivity index (χ3n) is 17.2. The summed E-state index contributed by atoms with van der Waals surface area (Å²) in [7, 11) is 0. The van der Waals surface area contributed by atoms with Crippen LogP contribution in [0.25, 0.3) is 0 Å². The van der Waals surface area contributed by atoms with E-state index < -0.39 is 12.1 Å². The summed E-state index contributed by atoms with van der Waals surface area (Å²) in [4.78, 5) is 24.6. The van der Waals surface area contributed by atoms with E-state index in [4.69, 9.17) is 4.74 Å². The second-order valence-electron chi connectivity index (χ2n) is 24.9. The number of ether oxygens (including phenoxy) is 1. The van der Waals surface area contributed by atoms with Crippen LogP contribution < -0.4 is 5.32 Å². The number of rotatable bonds is 68. The fourth-order valence-electron chi connectivity index (χ4n) is 11.7. The van der Waals surface area contributed by atoms with Crippen molar-refractivity contribution in [3.05, 3.63) is 0 Å². The van der Waals surface area contributed by atoms with Gasteiger partial charge < -0.3 is 20.3 Å². The third kappa shape index (κ3) is 63.9. The van der Waals surface area contributed by atoms with Crippen molar-refractivity contribution in [3.63, 3.8) is 0 Å². The summed E-state index contributed by atoms with van der Waals surface area (Å²) < 4.78 is 5.48. The van der Waals surface area contributed by atoms with Crippen molar-refractivity contribution in [1.29, 1.82) is 0 Å². The molecule has 0 heterocycles. The fraction of sp³-hybridized carbons (Fsp3) is 0.972. The van der Waals surface area contributed by atoms with Crippen molar-refractivity contribution in [2.75, 3.05) is 13.2 Å².